The molecule has 0 aromatic heterocycles. The Morgan fingerprint density at radius 1 is 0.870 bits per heavy atom. The average Bonchev–Trinajstić information content (AvgIpc) is 2.36. The Bertz CT molecular complexity index is 448. The van der Waals surface area contributed by atoms with Gasteiger partial charge in [-0.15, -0.1) is 0 Å². The van der Waals surface area contributed by atoms with E-state index in [1.807, 2.05) is 0 Å². The van der Waals surface area contributed by atoms with E-state index in [0.29, 0.717) is 0 Å². The van der Waals surface area contributed by atoms with E-state index < -0.39 is 42.8 Å². The number of carbonyl (C=O) groups excluding carboxylic acids is 1. The van der Waals surface area contributed by atoms with Gasteiger partial charge in [-0.25, -0.2) is 18.3 Å². The van der Waals surface area contributed by atoms with Crippen molar-refractivity contribution in [3.63, 3.8) is 0 Å². The van der Waals surface area contributed by atoms with Crippen LogP contribution in [-0.2, 0) is 14.3 Å². The van der Waals surface area contributed by atoms with E-state index in [-0.39, 0.29) is 6.08 Å². The summed E-state index contributed by atoms with van der Waals surface area (Å²) in [5.74, 6) is -15.1. The molecule has 0 saturated carbocycles. The van der Waals surface area contributed by atoms with Gasteiger partial charge in [-0.2, -0.15) is 39.5 Å². The first-order chi connectivity index (χ1) is 10.0. The van der Waals surface area contributed by atoms with Crippen LogP contribution in [0.3, 0.4) is 0 Å². The molecule has 0 saturated heterocycles. The molecule has 0 amide bonds. The maximum absolute atomic E-state index is 12.9. The van der Waals surface area contributed by atoms with Gasteiger partial charge >= 0.3 is 42.8 Å². The van der Waals surface area contributed by atoms with Crippen LogP contribution in [0, 0.1) is 0 Å². The van der Waals surface area contributed by atoms with Crippen molar-refractivity contribution in [1.82, 2.24) is 0 Å². The Morgan fingerprint density at radius 3 is 1.61 bits per heavy atom. The van der Waals surface area contributed by atoms with Crippen molar-refractivity contribution in [2.45, 2.75) is 36.8 Å². The van der Waals surface area contributed by atoms with E-state index in [9.17, 15) is 53.1 Å². The predicted molar refractivity (Wildman–Crippen MR) is 48.1 cm³/mol. The molecule has 0 N–H and O–H groups in total. The summed E-state index contributed by atoms with van der Waals surface area (Å²) < 4.78 is 142. The summed E-state index contributed by atoms with van der Waals surface area (Å²) in [6.45, 7) is 2.56. The van der Waals surface area contributed by atoms with Crippen molar-refractivity contribution in [3.8, 4) is 0 Å². The van der Waals surface area contributed by atoms with Crippen molar-refractivity contribution in [3.05, 3.63) is 12.7 Å². The molecule has 0 aromatic rings. The second-order valence-electron chi connectivity index (χ2n) is 3.64. The summed E-state index contributed by atoms with van der Waals surface area (Å²) in [7, 11) is 0. The van der Waals surface area contributed by atoms with Gasteiger partial charge in [0, 0.05) is 6.08 Å². The molecule has 0 radical (unpaired) electrons. The predicted octanol–water partition coefficient (Wildman–Crippen LogP) is 3.75. The van der Waals surface area contributed by atoms with Gasteiger partial charge in [-0.05, 0) is 0 Å². The second kappa shape index (κ2) is 6.49. The molecule has 3 nitrogen and oxygen atoms in total. The van der Waals surface area contributed by atoms with Gasteiger partial charge in [0.25, 0.3) is 0 Å². The molecule has 0 fully saturated rings. The van der Waals surface area contributed by atoms with Crippen LogP contribution < -0.4 is 0 Å². The number of esters is 1. The zero-order valence-electron chi connectivity index (χ0n) is 10.3. The summed E-state index contributed by atoms with van der Waals surface area (Å²) in [5.41, 5.74) is 0. The van der Waals surface area contributed by atoms with Crippen LogP contribution in [0.2, 0.25) is 0 Å². The molecule has 1 atom stereocenters. The molecule has 0 aliphatic heterocycles. The van der Waals surface area contributed by atoms with Crippen LogP contribution in [0.1, 0.15) is 0 Å². The summed E-state index contributed by atoms with van der Waals surface area (Å²) in [5, 5.41) is 0. The Hall–Kier alpha value is -1.60. The van der Waals surface area contributed by atoms with Gasteiger partial charge in [0.1, 0.15) is 0 Å². The lowest BCUT2D eigenvalue weighted by atomic mass is 10.3. The SMILES string of the molecule is C=CC(=O)OC(F)C(F)(F)C(F)(F)OC(F)(F)C(F)(F)C(F)F. The minimum Gasteiger partial charge on any atom is -0.421 e. The second-order valence-corrected chi connectivity index (χ2v) is 3.64. The zero-order chi connectivity index (χ0) is 18.9. The lowest BCUT2D eigenvalue weighted by Crippen LogP contribution is -2.58. The standard InChI is InChI=1S/C9H5F11O3/c1-2-3(21)22-5(12)7(15,16)9(19,20)23-8(17,18)6(13,14)4(10)11/h2,4-5H,1H2. The Balaban J connectivity index is 5.46. The monoisotopic (exact) mass is 370 g/mol. The Labute approximate surface area is 119 Å². The normalized spacial score (nSPS) is 15.5. The summed E-state index contributed by atoms with van der Waals surface area (Å²) in [4.78, 5) is 10.4. The average molecular weight is 370 g/mol. The van der Waals surface area contributed by atoms with E-state index in [2.05, 4.69) is 11.3 Å². The van der Waals surface area contributed by atoms with Gasteiger partial charge in [-0.1, -0.05) is 6.58 Å². The largest absolute Gasteiger partial charge is 0.430 e. The lowest BCUT2D eigenvalue weighted by Gasteiger charge is -2.33. The minimum atomic E-state index is -6.81. The minimum absolute atomic E-state index is 0.0151. The highest BCUT2D eigenvalue weighted by Gasteiger charge is 2.74. The number of alkyl halides is 11. The van der Waals surface area contributed by atoms with Crippen molar-refractivity contribution < 1.29 is 62.6 Å². The lowest BCUT2D eigenvalue weighted by molar-refractivity contribution is -0.486. The molecule has 136 valence electrons. The third-order valence-corrected chi connectivity index (χ3v) is 1.98. The van der Waals surface area contributed by atoms with E-state index in [1.165, 1.54) is 0 Å². The van der Waals surface area contributed by atoms with Crippen molar-refractivity contribution in [2.24, 2.45) is 0 Å². The Kier molecular flexibility index (Phi) is 6.04. The maximum Gasteiger partial charge on any atom is 0.430 e. The summed E-state index contributed by atoms with van der Waals surface area (Å²) >= 11 is 0. The van der Waals surface area contributed by atoms with Gasteiger partial charge in [-0.3, -0.25) is 0 Å². The maximum atomic E-state index is 12.9. The molecule has 1 unspecified atom stereocenters. The van der Waals surface area contributed by atoms with E-state index in [4.69, 9.17) is 0 Å². The van der Waals surface area contributed by atoms with Crippen molar-refractivity contribution in [2.75, 3.05) is 0 Å². The fourth-order valence-corrected chi connectivity index (χ4v) is 0.780. The highest BCUT2D eigenvalue weighted by Crippen LogP contribution is 2.48. The summed E-state index contributed by atoms with van der Waals surface area (Å²) in [6.07, 6.45) is -23.5. The molecule has 0 heterocycles. The van der Waals surface area contributed by atoms with E-state index in [0.717, 1.165) is 0 Å². The number of ether oxygens (including phenoxy) is 2. The molecule has 0 aliphatic rings. The third kappa shape index (κ3) is 4.23. The molecule has 23 heavy (non-hydrogen) atoms. The molecule has 0 aromatic carbocycles. The summed E-state index contributed by atoms with van der Waals surface area (Å²) in [6, 6.07) is 0. The molecular formula is C9H5F11O3. The smallest absolute Gasteiger partial charge is 0.421 e. The highest BCUT2D eigenvalue weighted by molar-refractivity contribution is 5.81. The first-order valence-corrected chi connectivity index (χ1v) is 4.99. The van der Waals surface area contributed by atoms with Crippen molar-refractivity contribution in [1.29, 1.82) is 0 Å². The van der Waals surface area contributed by atoms with E-state index in [1.54, 1.807) is 4.74 Å². The van der Waals surface area contributed by atoms with Crippen LogP contribution in [0.5, 0.6) is 0 Å². The number of halogens is 11. The third-order valence-electron chi connectivity index (χ3n) is 1.98. The number of hydrogen-bond donors (Lipinski definition) is 0. The first kappa shape index (κ1) is 21.4. The molecule has 0 rings (SSSR count). The molecule has 0 spiro atoms. The van der Waals surface area contributed by atoms with Gasteiger partial charge in [0.2, 0.25) is 0 Å². The number of carbonyl (C=O) groups is 1. The molecule has 14 heteroatoms. The fraction of sp³-hybridized carbons (Fsp3) is 0.667. The van der Waals surface area contributed by atoms with Gasteiger partial charge < -0.3 is 4.74 Å². The Morgan fingerprint density at radius 2 is 1.26 bits per heavy atom. The van der Waals surface area contributed by atoms with Crippen molar-refractivity contribution >= 4 is 5.97 Å². The van der Waals surface area contributed by atoms with Crippen LogP contribution in [-0.4, -0.2) is 42.8 Å². The van der Waals surface area contributed by atoms with Crippen LogP contribution in [0.15, 0.2) is 12.7 Å². The first-order valence-electron chi connectivity index (χ1n) is 4.99. The molecule has 0 bridgehead atoms. The topological polar surface area (TPSA) is 35.5 Å². The van der Waals surface area contributed by atoms with Gasteiger partial charge in [0.15, 0.2) is 0 Å². The molecular weight excluding hydrogens is 365 g/mol. The zero-order valence-corrected chi connectivity index (χ0v) is 10.3. The highest BCUT2D eigenvalue weighted by atomic mass is 19.4. The van der Waals surface area contributed by atoms with Crippen LogP contribution >= 0.6 is 0 Å². The number of rotatable bonds is 8. The van der Waals surface area contributed by atoms with Gasteiger partial charge in [0.05, 0.1) is 0 Å². The molecule has 0 aliphatic carbocycles. The quantitative estimate of drug-likeness (QED) is 0.371. The fourth-order valence-electron chi connectivity index (χ4n) is 0.780. The van der Waals surface area contributed by atoms with E-state index >= 15 is 0 Å². The van der Waals surface area contributed by atoms with Crippen LogP contribution in [0.25, 0.3) is 0 Å². The number of hydrogen-bond acceptors (Lipinski definition) is 3. The van der Waals surface area contributed by atoms with Crippen LogP contribution in [0.4, 0.5) is 48.3 Å².